The van der Waals surface area contributed by atoms with Crippen molar-refractivity contribution in [3.63, 3.8) is 0 Å². The van der Waals surface area contributed by atoms with E-state index in [0.717, 1.165) is 0 Å². The van der Waals surface area contributed by atoms with Crippen molar-refractivity contribution in [1.29, 1.82) is 0 Å². The molecule has 0 N–H and O–H groups in total. The first-order chi connectivity index (χ1) is 2.81. The van der Waals surface area contributed by atoms with Gasteiger partial charge in [-0.25, -0.2) is 0 Å². The molecule has 0 amide bonds. The Morgan fingerprint density at radius 1 is 1.33 bits per heavy atom. The summed E-state index contributed by atoms with van der Waals surface area (Å²) in [6.07, 6.45) is 0. The molecule has 0 aromatic heterocycles. The standard InChI is InChI=1S/C2H2O2P2/c1-2(5-3)6-4/h1H2. The van der Waals surface area contributed by atoms with Gasteiger partial charge in [-0.05, 0) is 0 Å². The van der Waals surface area contributed by atoms with Gasteiger partial charge in [-0.15, -0.1) is 0 Å². The average Bonchev–Trinajstić information content (AvgIpc) is 1.65. The zero-order chi connectivity index (χ0) is 4.99. The predicted molar refractivity (Wildman–Crippen MR) is 24.4 cm³/mol. The van der Waals surface area contributed by atoms with Crippen molar-refractivity contribution in [3.8, 4) is 0 Å². The second kappa shape index (κ2) is 3.14. The molecule has 0 rings (SSSR count). The van der Waals surface area contributed by atoms with Crippen LogP contribution in [0.1, 0.15) is 0 Å². The summed E-state index contributed by atoms with van der Waals surface area (Å²) in [5, 5.41) is 0.176. The Kier molecular flexibility index (Phi) is 3.11. The average molecular weight is 120 g/mol. The van der Waals surface area contributed by atoms with Gasteiger partial charge in [0, 0.05) is 0 Å². The van der Waals surface area contributed by atoms with Crippen LogP contribution >= 0.6 is 16.9 Å². The van der Waals surface area contributed by atoms with Gasteiger partial charge in [0.05, 0.1) is 0 Å². The minimum absolute atomic E-state index is 0.176. The van der Waals surface area contributed by atoms with Crippen molar-refractivity contribution < 1.29 is 9.13 Å². The molecule has 0 saturated heterocycles. The molecule has 4 heteroatoms. The minimum atomic E-state index is -0.241. The maximum atomic E-state index is 9.53. The molecule has 0 spiro atoms. The molecule has 6 heavy (non-hydrogen) atoms. The molecule has 0 aromatic carbocycles. The summed E-state index contributed by atoms with van der Waals surface area (Å²) in [4.78, 5) is 0. The normalized spacial score (nSPS) is 9.33. The third-order valence-corrected chi connectivity index (χ3v) is 1.12. The molecule has 0 aromatic rings. The van der Waals surface area contributed by atoms with Gasteiger partial charge >= 0.3 is 0 Å². The lowest BCUT2D eigenvalue weighted by Gasteiger charge is -1.61. The molecule has 0 bridgehead atoms. The van der Waals surface area contributed by atoms with E-state index in [1.54, 1.807) is 0 Å². The highest BCUT2D eigenvalue weighted by Gasteiger charge is 1.82. The Hall–Kier alpha value is -0.0600. The number of hydrogen-bond donors (Lipinski definition) is 0. The molecular formula is C2H2O2P2. The van der Waals surface area contributed by atoms with E-state index in [2.05, 4.69) is 6.58 Å². The van der Waals surface area contributed by atoms with Crippen LogP contribution in [0.4, 0.5) is 0 Å². The summed E-state index contributed by atoms with van der Waals surface area (Å²) in [6.45, 7) is 3.14. The molecule has 0 radical (unpaired) electrons. The Bertz CT molecular complexity index is 77.5. The van der Waals surface area contributed by atoms with E-state index < -0.39 is 0 Å². The van der Waals surface area contributed by atoms with Crippen molar-refractivity contribution in [2.24, 2.45) is 0 Å². The first-order valence-electron chi connectivity index (χ1n) is 1.17. The van der Waals surface area contributed by atoms with Gasteiger partial charge in [-0.1, -0.05) is 6.58 Å². The van der Waals surface area contributed by atoms with Crippen LogP contribution in [0.3, 0.4) is 0 Å². The van der Waals surface area contributed by atoms with E-state index in [0.29, 0.717) is 0 Å². The minimum Gasteiger partial charge on any atom is -0.269 e. The van der Waals surface area contributed by atoms with E-state index in [1.165, 1.54) is 0 Å². The lowest BCUT2D eigenvalue weighted by molar-refractivity contribution is 0.598. The topological polar surface area (TPSA) is 34.1 Å². The van der Waals surface area contributed by atoms with Crippen LogP contribution in [0, 0.1) is 0 Å². The maximum absolute atomic E-state index is 9.53. The maximum Gasteiger partial charge on any atom is 0.200 e. The summed E-state index contributed by atoms with van der Waals surface area (Å²) < 4.78 is 19.1. The largest absolute Gasteiger partial charge is 0.269 e. The van der Waals surface area contributed by atoms with Gasteiger partial charge in [-0.2, -0.15) is 0 Å². The second-order valence-electron chi connectivity index (χ2n) is 0.599. The molecule has 0 saturated carbocycles. The Labute approximate surface area is 38.7 Å². The predicted octanol–water partition coefficient (Wildman–Crippen LogP) is 2.04. The van der Waals surface area contributed by atoms with Crippen molar-refractivity contribution in [1.82, 2.24) is 0 Å². The van der Waals surface area contributed by atoms with Gasteiger partial charge in [0.25, 0.3) is 0 Å². The lowest BCUT2D eigenvalue weighted by Crippen LogP contribution is -1.32. The third-order valence-electron chi connectivity index (χ3n) is 0.211. The summed E-state index contributed by atoms with van der Waals surface area (Å²) in [5.41, 5.74) is 0. The van der Waals surface area contributed by atoms with Crippen molar-refractivity contribution in [2.75, 3.05) is 0 Å². The Balaban J connectivity index is 3.52. The number of hydrogen-bond acceptors (Lipinski definition) is 2. The molecular weight excluding hydrogens is 118 g/mol. The third kappa shape index (κ3) is 2.19. The van der Waals surface area contributed by atoms with Crippen LogP contribution < -0.4 is 0 Å². The molecule has 0 fully saturated rings. The van der Waals surface area contributed by atoms with E-state index in [1.807, 2.05) is 0 Å². The van der Waals surface area contributed by atoms with E-state index in [9.17, 15) is 9.13 Å². The highest BCUT2D eigenvalue weighted by Crippen LogP contribution is 2.20. The molecule has 2 nitrogen and oxygen atoms in total. The molecule has 0 aliphatic heterocycles. The smallest absolute Gasteiger partial charge is 0.200 e. The second-order valence-corrected chi connectivity index (χ2v) is 2.40. The molecule has 0 aliphatic rings. The zero-order valence-electron chi connectivity index (χ0n) is 2.92. The fourth-order valence-electron chi connectivity index (χ4n) is 0.0167. The van der Waals surface area contributed by atoms with Crippen LogP contribution in [-0.4, -0.2) is 0 Å². The van der Waals surface area contributed by atoms with E-state index in [-0.39, 0.29) is 22.0 Å². The lowest BCUT2D eigenvalue weighted by atomic mass is 11.3. The number of rotatable bonds is 2. The van der Waals surface area contributed by atoms with Crippen LogP contribution in [0.5, 0.6) is 0 Å². The van der Waals surface area contributed by atoms with E-state index >= 15 is 0 Å². The van der Waals surface area contributed by atoms with Gasteiger partial charge in [0.15, 0.2) is 16.9 Å². The molecule has 0 unspecified atom stereocenters. The Morgan fingerprint density at radius 2 is 1.67 bits per heavy atom. The highest BCUT2D eigenvalue weighted by molar-refractivity contribution is 7.51. The summed E-state index contributed by atoms with van der Waals surface area (Å²) in [7, 11) is -0.482. The molecule has 0 atom stereocenters. The highest BCUT2D eigenvalue weighted by atomic mass is 31.1. The van der Waals surface area contributed by atoms with Crippen LogP contribution in [0.15, 0.2) is 11.6 Å². The summed E-state index contributed by atoms with van der Waals surface area (Å²) in [5.74, 6) is 0. The fourth-order valence-corrected chi connectivity index (χ4v) is 0.150. The first kappa shape index (κ1) is 5.94. The van der Waals surface area contributed by atoms with Crippen LogP contribution in [0.25, 0.3) is 0 Å². The molecule has 0 heterocycles. The van der Waals surface area contributed by atoms with Crippen LogP contribution in [-0.2, 0) is 9.13 Å². The van der Waals surface area contributed by atoms with Crippen molar-refractivity contribution in [3.05, 3.63) is 11.6 Å². The summed E-state index contributed by atoms with van der Waals surface area (Å²) >= 11 is 0. The van der Waals surface area contributed by atoms with Gasteiger partial charge < -0.3 is 0 Å². The van der Waals surface area contributed by atoms with Crippen LogP contribution in [0.2, 0.25) is 0 Å². The molecule has 32 valence electrons. The Morgan fingerprint density at radius 3 is 1.67 bits per heavy atom. The quantitative estimate of drug-likeness (QED) is 0.522. The first-order valence-corrected chi connectivity index (χ1v) is 2.79. The monoisotopic (exact) mass is 120 g/mol. The molecule has 0 aliphatic carbocycles. The van der Waals surface area contributed by atoms with Gasteiger partial charge in [0.1, 0.15) is 5.06 Å². The SMILES string of the molecule is C=C(P=O)P=O. The van der Waals surface area contributed by atoms with Crippen molar-refractivity contribution >= 4 is 16.9 Å². The van der Waals surface area contributed by atoms with Gasteiger partial charge in [-0.3, -0.25) is 9.13 Å². The fraction of sp³-hybridized carbons (Fsp3) is 0. The zero-order valence-corrected chi connectivity index (χ0v) is 4.71. The van der Waals surface area contributed by atoms with Crippen molar-refractivity contribution in [2.45, 2.75) is 0 Å². The van der Waals surface area contributed by atoms with Gasteiger partial charge in [0.2, 0.25) is 0 Å². The summed E-state index contributed by atoms with van der Waals surface area (Å²) in [6, 6.07) is 0. The van der Waals surface area contributed by atoms with E-state index in [4.69, 9.17) is 0 Å².